The summed E-state index contributed by atoms with van der Waals surface area (Å²) in [5.74, 6) is -1.11. The Bertz CT molecular complexity index is 1370. The van der Waals surface area contributed by atoms with E-state index >= 15 is 0 Å². The summed E-state index contributed by atoms with van der Waals surface area (Å²) >= 11 is 1.82. The van der Waals surface area contributed by atoms with Gasteiger partial charge in [-0.25, -0.2) is 4.39 Å². The van der Waals surface area contributed by atoms with Crippen molar-refractivity contribution in [2.24, 2.45) is 0 Å². The molecule has 0 radical (unpaired) electrons. The predicted octanol–water partition coefficient (Wildman–Crippen LogP) is 5.58. The predicted molar refractivity (Wildman–Crippen MR) is 143 cm³/mol. The summed E-state index contributed by atoms with van der Waals surface area (Å²) in [4.78, 5) is 15.7. The lowest BCUT2D eigenvalue weighted by molar-refractivity contribution is 0.0854. The fraction of sp³-hybridized carbons (Fsp3) is 0.233. The van der Waals surface area contributed by atoms with Gasteiger partial charge in [0.25, 0.3) is 5.91 Å². The van der Waals surface area contributed by atoms with Crippen molar-refractivity contribution in [2.45, 2.75) is 38.5 Å². The summed E-state index contributed by atoms with van der Waals surface area (Å²) in [7, 11) is 0. The third-order valence-corrected chi connectivity index (χ3v) is 7.70. The summed E-state index contributed by atoms with van der Waals surface area (Å²) in [6.45, 7) is 3.69. The highest BCUT2D eigenvalue weighted by Gasteiger charge is 2.33. The molecule has 5 rings (SSSR count). The van der Waals surface area contributed by atoms with Gasteiger partial charge < -0.3 is 15.7 Å². The first-order valence-electron chi connectivity index (χ1n) is 12.2. The fourth-order valence-electron chi connectivity index (χ4n) is 4.75. The van der Waals surface area contributed by atoms with E-state index in [1.54, 1.807) is 6.07 Å². The van der Waals surface area contributed by atoms with Crippen LogP contribution in [0.5, 0.6) is 0 Å². The highest BCUT2D eigenvalue weighted by molar-refractivity contribution is 7.11. The van der Waals surface area contributed by atoms with Gasteiger partial charge in [-0.2, -0.15) is 0 Å². The zero-order chi connectivity index (χ0) is 25.1. The number of carbonyl (C=O) groups excluding carboxylic acids is 1. The van der Waals surface area contributed by atoms with Crippen LogP contribution in [0.4, 0.5) is 4.39 Å². The molecule has 0 unspecified atom stereocenters. The van der Waals surface area contributed by atoms with Gasteiger partial charge in [-0.1, -0.05) is 54.6 Å². The molecule has 0 saturated heterocycles. The van der Waals surface area contributed by atoms with Gasteiger partial charge in [0.15, 0.2) is 0 Å². The molecule has 0 saturated carbocycles. The second-order valence-electron chi connectivity index (χ2n) is 9.26. The van der Waals surface area contributed by atoms with Gasteiger partial charge in [0, 0.05) is 29.3 Å². The van der Waals surface area contributed by atoms with Crippen LogP contribution in [0.2, 0.25) is 0 Å². The van der Waals surface area contributed by atoms with Crippen LogP contribution in [0.3, 0.4) is 0 Å². The number of hydrogen-bond donors (Lipinski definition) is 3. The Labute approximate surface area is 214 Å². The zero-order valence-corrected chi connectivity index (χ0v) is 20.9. The van der Waals surface area contributed by atoms with E-state index in [0.717, 1.165) is 35.2 Å². The summed E-state index contributed by atoms with van der Waals surface area (Å²) < 4.78 is 14.9. The summed E-state index contributed by atoms with van der Waals surface area (Å²) in [5.41, 5.74) is 4.55. The van der Waals surface area contributed by atoms with Crippen molar-refractivity contribution in [2.75, 3.05) is 6.54 Å². The highest BCUT2D eigenvalue weighted by Crippen LogP contribution is 2.33. The molecule has 2 atom stereocenters. The second-order valence-corrected chi connectivity index (χ2v) is 10.6. The second kappa shape index (κ2) is 10.7. The number of aliphatic hydroxyl groups is 1. The number of benzene rings is 3. The average molecular weight is 501 g/mol. The molecule has 1 heterocycles. The number of aryl methyl sites for hydroxylation is 1. The number of thiophene rings is 1. The minimum atomic E-state index is -0.749. The summed E-state index contributed by atoms with van der Waals surface area (Å²) in [6, 6.07) is 24.0. The topological polar surface area (TPSA) is 61.4 Å². The number of rotatable bonds is 8. The monoisotopic (exact) mass is 500 g/mol. The lowest BCUT2D eigenvalue weighted by Crippen LogP contribution is -2.34. The Hall–Kier alpha value is -3.32. The van der Waals surface area contributed by atoms with Crippen molar-refractivity contribution in [1.82, 2.24) is 10.6 Å². The van der Waals surface area contributed by atoms with Gasteiger partial charge in [-0.15, -0.1) is 11.3 Å². The Balaban J connectivity index is 1.25. The van der Waals surface area contributed by atoms with Gasteiger partial charge in [-0.05, 0) is 65.4 Å². The lowest BCUT2D eigenvalue weighted by atomic mass is 10.0. The molecule has 1 aromatic heterocycles. The van der Waals surface area contributed by atoms with Gasteiger partial charge in [0.1, 0.15) is 5.82 Å². The molecule has 0 bridgehead atoms. The van der Waals surface area contributed by atoms with Crippen molar-refractivity contribution >= 4 is 17.2 Å². The zero-order valence-electron chi connectivity index (χ0n) is 20.1. The number of fused-ring (bicyclic) bond motifs is 1. The Morgan fingerprint density at radius 2 is 1.86 bits per heavy atom. The highest BCUT2D eigenvalue weighted by atomic mass is 32.1. The van der Waals surface area contributed by atoms with Crippen LogP contribution in [-0.2, 0) is 19.4 Å². The molecule has 6 heteroatoms. The van der Waals surface area contributed by atoms with Crippen molar-refractivity contribution in [3.8, 4) is 11.1 Å². The van der Waals surface area contributed by atoms with E-state index in [2.05, 4.69) is 35.8 Å². The van der Waals surface area contributed by atoms with E-state index < -0.39 is 23.9 Å². The van der Waals surface area contributed by atoms with Crippen LogP contribution in [0.15, 0.2) is 78.9 Å². The maximum absolute atomic E-state index is 14.9. The normalized spacial score (nSPS) is 16.6. The Kier molecular flexibility index (Phi) is 7.28. The largest absolute Gasteiger partial charge is 0.390 e. The molecule has 1 aliphatic carbocycles. The van der Waals surface area contributed by atoms with Crippen LogP contribution in [-0.4, -0.2) is 23.7 Å². The SMILES string of the molecule is Cc1ccc(CCNCc2ccc3c(c2)[C@@H](NC(=O)c2ccc(-c4ccccc4)cc2F)[C@H](O)C3)s1. The fourth-order valence-corrected chi connectivity index (χ4v) is 5.64. The van der Waals surface area contributed by atoms with Crippen LogP contribution in [0.25, 0.3) is 11.1 Å². The third-order valence-electron chi connectivity index (χ3n) is 6.64. The maximum atomic E-state index is 14.9. The minimum absolute atomic E-state index is 0.0306. The van der Waals surface area contributed by atoms with Gasteiger partial charge >= 0.3 is 0 Å². The molecular formula is C30H29FN2O2S. The molecule has 1 aliphatic rings. The maximum Gasteiger partial charge on any atom is 0.254 e. The number of nitrogens with one attached hydrogen (secondary N) is 2. The standard InChI is InChI=1S/C30H29FN2O2S/c1-19-7-11-24(36-19)13-14-32-18-20-8-9-23-17-28(34)29(26(23)15-20)33-30(35)25-12-10-22(16-27(25)31)21-5-3-2-4-6-21/h2-12,15-16,28-29,32,34H,13-14,17-18H2,1H3,(H,33,35)/t28-,29-/m1/s1. The first-order chi connectivity index (χ1) is 17.5. The van der Waals surface area contributed by atoms with E-state index in [1.807, 2.05) is 53.8 Å². The average Bonchev–Trinajstić information content (AvgIpc) is 3.44. The van der Waals surface area contributed by atoms with Crippen LogP contribution < -0.4 is 10.6 Å². The van der Waals surface area contributed by atoms with Crippen molar-refractivity contribution in [3.05, 3.63) is 117 Å². The van der Waals surface area contributed by atoms with Crippen LogP contribution >= 0.6 is 11.3 Å². The van der Waals surface area contributed by atoms with Crippen molar-refractivity contribution in [3.63, 3.8) is 0 Å². The number of carbonyl (C=O) groups is 1. The third kappa shape index (κ3) is 5.41. The van der Waals surface area contributed by atoms with E-state index in [-0.39, 0.29) is 5.56 Å². The molecule has 0 spiro atoms. The smallest absolute Gasteiger partial charge is 0.254 e. The lowest BCUT2D eigenvalue weighted by Gasteiger charge is -2.19. The van der Waals surface area contributed by atoms with Crippen molar-refractivity contribution in [1.29, 1.82) is 0 Å². The van der Waals surface area contributed by atoms with Gasteiger partial charge in [0.2, 0.25) is 0 Å². The van der Waals surface area contributed by atoms with E-state index in [4.69, 9.17) is 0 Å². The van der Waals surface area contributed by atoms with E-state index in [0.29, 0.717) is 18.5 Å². The molecule has 4 nitrogen and oxygen atoms in total. The first kappa shape index (κ1) is 24.4. The minimum Gasteiger partial charge on any atom is -0.390 e. The van der Waals surface area contributed by atoms with Crippen molar-refractivity contribution < 1.29 is 14.3 Å². The Morgan fingerprint density at radius 3 is 2.61 bits per heavy atom. The van der Waals surface area contributed by atoms with Crippen LogP contribution in [0.1, 0.15) is 42.8 Å². The number of halogens is 1. The molecule has 0 aliphatic heterocycles. The molecule has 3 N–H and O–H groups in total. The summed E-state index contributed by atoms with van der Waals surface area (Å²) in [5, 5.41) is 17.0. The quantitative estimate of drug-likeness (QED) is 0.277. The number of amides is 1. The van der Waals surface area contributed by atoms with E-state index in [1.165, 1.54) is 21.9 Å². The molecule has 3 aromatic carbocycles. The summed E-state index contributed by atoms with van der Waals surface area (Å²) in [6.07, 6.45) is 0.692. The number of aliphatic hydroxyl groups excluding tert-OH is 1. The van der Waals surface area contributed by atoms with Gasteiger partial charge in [-0.3, -0.25) is 4.79 Å². The number of hydrogen-bond acceptors (Lipinski definition) is 4. The molecular weight excluding hydrogens is 471 g/mol. The molecule has 36 heavy (non-hydrogen) atoms. The van der Waals surface area contributed by atoms with Crippen LogP contribution in [0, 0.1) is 12.7 Å². The Morgan fingerprint density at radius 1 is 1.03 bits per heavy atom. The molecule has 0 fully saturated rings. The molecule has 1 amide bonds. The van der Waals surface area contributed by atoms with E-state index in [9.17, 15) is 14.3 Å². The molecule has 4 aromatic rings. The first-order valence-corrected chi connectivity index (χ1v) is 13.0. The molecule has 184 valence electrons. The van der Waals surface area contributed by atoms with Gasteiger partial charge in [0.05, 0.1) is 17.7 Å².